The Morgan fingerprint density at radius 1 is 1.30 bits per heavy atom. The van der Waals surface area contributed by atoms with Crippen LogP contribution in [0.4, 0.5) is 17.6 Å². The number of nitrogens with one attached hydrogen (secondary N) is 1. The van der Waals surface area contributed by atoms with Crippen LogP contribution in [0.15, 0.2) is 18.2 Å². The van der Waals surface area contributed by atoms with Crippen molar-refractivity contribution in [3.8, 4) is 0 Å². The summed E-state index contributed by atoms with van der Waals surface area (Å²) in [4.78, 5) is 1.81. The Labute approximate surface area is 115 Å². The molecule has 1 aromatic carbocycles. The van der Waals surface area contributed by atoms with Crippen LogP contribution in [-0.2, 0) is 12.7 Å². The van der Waals surface area contributed by atoms with E-state index in [1.165, 1.54) is 12.8 Å². The summed E-state index contributed by atoms with van der Waals surface area (Å²) in [6, 6.07) is 3.14. The van der Waals surface area contributed by atoms with Gasteiger partial charge in [-0.05, 0) is 38.1 Å². The number of likely N-dealkylation sites (N-methyl/N-ethyl adjacent to an activating group) is 1. The molecular formula is C14H18F4N2. The van der Waals surface area contributed by atoms with Crippen molar-refractivity contribution in [2.45, 2.75) is 31.6 Å². The van der Waals surface area contributed by atoms with Gasteiger partial charge >= 0.3 is 6.18 Å². The lowest BCUT2D eigenvalue weighted by Crippen LogP contribution is -2.30. The Balaban J connectivity index is 1.92. The first-order chi connectivity index (χ1) is 9.36. The van der Waals surface area contributed by atoms with E-state index in [0.717, 1.165) is 24.7 Å². The zero-order chi connectivity index (χ0) is 14.8. The Morgan fingerprint density at radius 2 is 2.00 bits per heavy atom. The van der Waals surface area contributed by atoms with Gasteiger partial charge < -0.3 is 10.2 Å². The second-order valence-corrected chi connectivity index (χ2v) is 5.27. The molecule has 112 valence electrons. The molecule has 0 aliphatic heterocycles. The molecule has 0 atom stereocenters. The molecule has 2 rings (SSSR count). The molecule has 0 saturated heterocycles. The molecular weight excluding hydrogens is 272 g/mol. The summed E-state index contributed by atoms with van der Waals surface area (Å²) in [5.74, 6) is -0.597. The molecule has 1 aromatic rings. The van der Waals surface area contributed by atoms with Crippen LogP contribution in [0.5, 0.6) is 0 Å². The zero-order valence-electron chi connectivity index (χ0n) is 11.3. The molecule has 1 aliphatic carbocycles. The first-order valence-corrected chi connectivity index (χ1v) is 6.64. The van der Waals surface area contributed by atoms with Crippen molar-refractivity contribution in [3.63, 3.8) is 0 Å². The third-order valence-corrected chi connectivity index (χ3v) is 3.32. The van der Waals surface area contributed by atoms with Gasteiger partial charge in [0.2, 0.25) is 0 Å². The fourth-order valence-corrected chi connectivity index (χ4v) is 1.99. The Hall–Kier alpha value is -1.14. The lowest BCUT2D eigenvalue weighted by molar-refractivity contribution is -0.137. The van der Waals surface area contributed by atoms with E-state index in [0.29, 0.717) is 12.6 Å². The van der Waals surface area contributed by atoms with Crippen molar-refractivity contribution >= 4 is 0 Å². The number of benzene rings is 1. The van der Waals surface area contributed by atoms with Crippen molar-refractivity contribution in [1.29, 1.82) is 0 Å². The minimum atomic E-state index is -4.44. The van der Waals surface area contributed by atoms with Crippen LogP contribution in [0, 0.1) is 5.82 Å². The van der Waals surface area contributed by atoms with Crippen LogP contribution in [-0.4, -0.2) is 31.1 Å². The molecule has 0 aromatic heterocycles. The van der Waals surface area contributed by atoms with Gasteiger partial charge in [0.15, 0.2) is 0 Å². The van der Waals surface area contributed by atoms with Gasteiger partial charge in [0, 0.05) is 31.2 Å². The van der Waals surface area contributed by atoms with E-state index in [9.17, 15) is 17.6 Å². The second-order valence-electron chi connectivity index (χ2n) is 5.27. The minimum absolute atomic E-state index is 0.0775. The van der Waals surface area contributed by atoms with E-state index >= 15 is 0 Å². The van der Waals surface area contributed by atoms with Crippen molar-refractivity contribution in [2.24, 2.45) is 0 Å². The van der Waals surface area contributed by atoms with Crippen LogP contribution < -0.4 is 5.32 Å². The Kier molecular flexibility index (Phi) is 4.65. The van der Waals surface area contributed by atoms with Gasteiger partial charge in [-0.15, -0.1) is 0 Å². The number of hydrogen-bond acceptors (Lipinski definition) is 2. The Bertz CT molecular complexity index is 455. The van der Waals surface area contributed by atoms with E-state index in [4.69, 9.17) is 0 Å². The minimum Gasteiger partial charge on any atom is -0.313 e. The molecule has 0 bridgehead atoms. The van der Waals surface area contributed by atoms with Crippen LogP contribution in [0.1, 0.15) is 24.0 Å². The predicted molar refractivity (Wildman–Crippen MR) is 68.8 cm³/mol. The molecule has 0 radical (unpaired) electrons. The largest absolute Gasteiger partial charge is 0.416 e. The maximum atomic E-state index is 13.6. The second kappa shape index (κ2) is 6.10. The van der Waals surface area contributed by atoms with Crippen molar-refractivity contribution in [3.05, 3.63) is 35.1 Å². The molecule has 0 unspecified atom stereocenters. The van der Waals surface area contributed by atoms with Gasteiger partial charge in [0.05, 0.1) is 5.56 Å². The molecule has 2 nitrogen and oxygen atoms in total. The number of rotatable bonds is 6. The molecule has 0 heterocycles. The normalized spacial score (nSPS) is 15.9. The average molecular weight is 290 g/mol. The lowest BCUT2D eigenvalue weighted by Gasteiger charge is -2.18. The summed E-state index contributed by atoms with van der Waals surface area (Å²) < 4.78 is 51.3. The molecule has 1 N–H and O–H groups in total. The summed E-state index contributed by atoms with van der Waals surface area (Å²) in [6.07, 6.45) is -2.06. The fourth-order valence-electron chi connectivity index (χ4n) is 1.99. The maximum Gasteiger partial charge on any atom is 0.416 e. The number of hydrogen-bond donors (Lipinski definition) is 1. The van der Waals surface area contributed by atoms with E-state index in [1.807, 2.05) is 4.90 Å². The third-order valence-electron chi connectivity index (χ3n) is 3.32. The summed E-state index contributed by atoms with van der Waals surface area (Å²) in [6.45, 7) is 1.61. The van der Waals surface area contributed by atoms with Crippen LogP contribution in [0.3, 0.4) is 0 Å². The van der Waals surface area contributed by atoms with Crippen LogP contribution in [0.25, 0.3) is 0 Å². The van der Waals surface area contributed by atoms with E-state index in [2.05, 4.69) is 5.32 Å². The van der Waals surface area contributed by atoms with Crippen LogP contribution in [0.2, 0.25) is 0 Å². The third kappa shape index (κ3) is 4.45. The van der Waals surface area contributed by atoms with Crippen LogP contribution >= 0.6 is 0 Å². The van der Waals surface area contributed by atoms with Gasteiger partial charge in [0.25, 0.3) is 0 Å². The van der Waals surface area contributed by atoms with E-state index in [-0.39, 0.29) is 12.1 Å². The molecule has 0 amide bonds. The molecule has 20 heavy (non-hydrogen) atoms. The Morgan fingerprint density at radius 3 is 2.60 bits per heavy atom. The van der Waals surface area contributed by atoms with E-state index in [1.54, 1.807) is 7.05 Å². The molecule has 6 heteroatoms. The monoisotopic (exact) mass is 290 g/mol. The fraction of sp³-hybridized carbons (Fsp3) is 0.571. The highest BCUT2D eigenvalue weighted by atomic mass is 19.4. The number of nitrogens with zero attached hydrogens (tertiary/aromatic N) is 1. The molecule has 1 fully saturated rings. The standard InChI is InChI=1S/C14H18F4N2/c1-20(7-6-19-12-3-4-12)9-10-8-11(14(16,17)18)2-5-13(10)15/h2,5,8,12,19H,3-4,6-7,9H2,1H3. The highest BCUT2D eigenvalue weighted by Gasteiger charge is 2.31. The highest BCUT2D eigenvalue weighted by molar-refractivity contribution is 5.27. The molecule has 0 spiro atoms. The average Bonchev–Trinajstić information content (AvgIpc) is 3.14. The first kappa shape index (κ1) is 15.3. The summed E-state index contributed by atoms with van der Waals surface area (Å²) >= 11 is 0. The lowest BCUT2D eigenvalue weighted by atomic mass is 10.1. The molecule has 1 aliphatic rings. The summed E-state index contributed by atoms with van der Waals surface area (Å²) in [5.41, 5.74) is -0.729. The van der Waals surface area contributed by atoms with Crippen molar-refractivity contribution in [1.82, 2.24) is 10.2 Å². The number of halogens is 4. The molecule has 1 saturated carbocycles. The van der Waals surface area contributed by atoms with Crippen molar-refractivity contribution in [2.75, 3.05) is 20.1 Å². The van der Waals surface area contributed by atoms with Crippen molar-refractivity contribution < 1.29 is 17.6 Å². The SMILES string of the molecule is CN(CCNC1CC1)Cc1cc(C(F)(F)F)ccc1F. The first-order valence-electron chi connectivity index (χ1n) is 6.64. The van der Waals surface area contributed by atoms with Gasteiger partial charge in [-0.2, -0.15) is 13.2 Å². The highest BCUT2D eigenvalue weighted by Crippen LogP contribution is 2.30. The topological polar surface area (TPSA) is 15.3 Å². The van der Waals surface area contributed by atoms with Gasteiger partial charge in [-0.25, -0.2) is 4.39 Å². The predicted octanol–water partition coefficient (Wildman–Crippen LogP) is 3.03. The summed E-state index contributed by atoms with van der Waals surface area (Å²) in [7, 11) is 1.77. The zero-order valence-corrected chi connectivity index (χ0v) is 11.3. The quantitative estimate of drug-likeness (QED) is 0.810. The van der Waals surface area contributed by atoms with E-state index < -0.39 is 17.6 Å². The van der Waals surface area contributed by atoms with Gasteiger partial charge in [0.1, 0.15) is 5.82 Å². The van der Waals surface area contributed by atoms with Gasteiger partial charge in [-0.1, -0.05) is 0 Å². The summed E-state index contributed by atoms with van der Waals surface area (Å²) in [5, 5.41) is 3.31. The smallest absolute Gasteiger partial charge is 0.313 e. The maximum absolute atomic E-state index is 13.6. The number of alkyl halides is 3. The van der Waals surface area contributed by atoms with Gasteiger partial charge in [-0.3, -0.25) is 0 Å².